The van der Waals surface area contributed by atoms with Crippen LogP contribution >= 0.6 is 25.3 Å². The standard InChI is InChI=1S/C46H47N5O7S.C5H11NOS.2C2H6/c1-51-36(18-32-9-5-7-11-41(32)51)24-48-39-21-44(42(55-2)19-33(39)25-52)57-26-29-14-30(16-34(15-29)50-46(54)12-13-59)27-58-45-22-40-38(20-43(45)56-3)37-10-6-4-8-31(37)17-35(23-47-40)49-28-53;1-6-5(7)3-2-4-8;2*1-2/h4-11,14-16,19-23,25,28,35-36,48,59H,12-13,17-18,24,26-27H2,1-3H3,(H,49,53)(H,50,54);8H,2-4H2,1H3,(H,6,7);2*1-2H3/t35-,36?;;;/m0.../s1. The van der Waals surface area contributed by atoms with Gasteiger partial charge >= 0.3 is 0 Å². The number of aliphatic imine (C=N–C) groups is 1. The maximum absolute atomic E-state index is 12.7. The van der Waals surface area contributed by atoms with Crippen molar-refractivity contribution in [1.82, 2.24) is 10.6 Å². The zero-order chi connectivity index (χ0) is 51.7. The summed E-state index contributed by atoms with van der Waals surface area (Å²) < 4.78 is 24.3. The van der Waals surface area contributed by atoms with Gasteiger partial charge in [-0.05, 0) is 95.0 Å². The number of hydrogen-bond acceptors (Lipinski definition) is 13. The van der Waals surface area contributed by atoms with Gasteiger partial charge in [0.2, 0.25) is 18.2 Å². The molecule has 0 saturated heterocycles. The molecule has 380 valence electrons. The quantitative estimate of drug-likeness (QED) is 0.0326. The van der Waals surface area contributed by atoms with Crippen LogP contribution in [0.4, 0.5) is 22.7 Å². The molecule has 71 heavy (non-hydrogen) atoms. The summed E-state index contributed by atoms with van der Waals surface area (Å²) >= 11 is 8.18. The molecule has 2 aliphatic rings. The second kappa shape index (κ2) is 30.2. The van der Waals surface area contributed by atoms with Gasteiger partial charge in [0, 0.05) is 80.0 Å². The Balaban J connectivity index is 0.000000822. The zero-order valence-corrected chi connectivity index (χ0v) is 44.0. The van der Waals surface area contributed by atoms with E-state index in [1.807, 2.05) is 88.4 Å². The number of methoxy groups -OCH3 is 2. The number of likely N-dealkylation sites (N-methyl/N-ethyl adjacent to an activating group) is 1. The highest BCUT2D eigenvalue weighted by molar-refractivity contribution is 7.80. The van der Waals surface area contributed by atoms with Crippen LogP contribution in [0.5, 0.6) is 23.0 Å². The number of aldehydes is 1. The molecular weight excluding hydrogens is 937 g/mol. The zero-order valence-electron chi connectivity index (χ0n) is 42.2. The Labute approximate surface area is 430 Å². The van der Waals surface area contributed by atoms with Crippen LogP contribution in [-0.4, -0.2) is 89.2 Å². The Bertz CT molecular complexity index is 2560. The lowest BCUT2D eigenvalue weighted by Crippen LogP contribution is -2.34. The Hall–Kier alpha value is -6.65. The highest BCUT2D eigenvalue weighted by Crippen LogP contribution is 2.43. The van der Waals surface area contributed by atoms with Gasteiger partial charge in [0.15, 0.2) is 29.3 Å². The summed E-state index contributed by atoms with van der Waals surface area (Å²) in [6, 6.07) is 29.1. The maximum Gasteiger partial charge on any atom is 0.225 e. The van der Waals surface area contributed by atoms with E-state index in [4.69, 9.17) is 23.9 Å². The number of thiol groups is 2. The molecule has 16 heteroatoms. The number of rotatable bonds is 20. The third-order valence-corrected chi connectivity index (χ3v) is 11.9. The molecule has 0 spiro atoms. The summed E-state index contributed by atoms with van der Waals surface area (Å²) in [5.74, 6) is 2.96. The van der Waals surface area contributed by atoms with Gasteiger partial charge in [-0.1, -0.05) is 70.2 Å². The van der Waals surface area contributed by atoms with E-state index < -0.39 is 0 Å². The molecule has 3 amide bonds. The summed E-state index contributed by atoms with van der Waals surface area (Å²) in [6.07, 6.45) is 6.41. The topological polar surface area (TPSA) is 169 Å². The number of nitrogens with one attached hydrogen (secondary N) is 4. The van der Waals surface area contributed by atoms with E-state index in [2.05, 4.69) is 76.7 Å². The van der Waals surface area contributed by atoms with Gasteiger partial charge < -0.3 is 45.1 Å². The van der Waals surface area contributed by atoms with Crippen LogP contribution in [0.15, 0.2) is 96.0 Å². The first kappa shape index (κ1) is 56.9. The lowest BCUT2D eigenvalue weighted by Gasteiger charge is -2.24. The van der Waals surface area contributed by atoms with Crippen LogP contribution in [0.1, 0.15) is 79.6 Å². The molecule has 7 rings (SSSR count). The average molecular weight is 1010 g/mol. The minimum absolute atomic E-state index is 0.0963. The third kappa shape index (κ3) is 16.2. The highest BCUT2D eigenvalue weighted by atomic mass is 32.1. The molecule has 4 N–H and O–H groups in total. The fourth-order valence-corrected chi connectivity index (χ4v) is 8.28. The van der Waals surface area contributed by atoms with E-state index in [0.717, 1.165) is 52.7 Å². The predicted octanol–water partition coefficient (Wildman–Crippen LogP) is 9.94. The van der Waals surface area contributed by atoms with Gasteiger partial charge in [0.1, 0.15) is 13.2 Å². The predicted molar refractivity (Wildman–Crippen MR) is 295 cm³/mol. The Morgan fingerprint density at radius 3 is 2.01 bits per heavy atom. The summed E-state index contributed by atoms with van der Waals surface area (Å²) in [7, 11) is 6.84. The van der Waals surface area contributed by atoms with Crippen molar-refractivity contribution >= 4 is 78.7 Å². The number of amides is 3. The summed E-state index contributed by atoms with van der Waals surface area (Å²) in [5.41, 5.74) is 9.28. The second-order valence-electron chi connectivity index (χ2n) is 15.9. The van der Waals surface area contributed by atoms with E-state index in [1.165, 1.54) is 18.4 Å². The van der Waals surface area contributed by atoms with Crippen molar-refractivity contribution in [3.63, 3.8) is 0 Å². The maximum atomic E-state index is 12.7. The van der Waals surface area contributed by atoms with Crippen LogP contribution in [0.2, 0.25) is 0 Å². The Morgan fingerprint density at radius 1 is 0.746 bits per heavy atom. The molecule has 1 unspecified atom stereocenters. The van der Waals surface area contributed by atoms with Gasteiger partial charge in [-0.3, -0.25) is 24.2 Å². The molecule has 2 aliphatic heterocycles. The number of carbonyl (C=O) groups is 4. The van der Waals surface area contributed by atoms with E-state index >= 15 is 0 Å². The highest BCUT2D eigenvalue weighted by Gasteiger charge is 2.26. The van der Waals surface area contributed by atoms with E-state index in [9.17, 15) is 19.2 Å². The smallest absolute Gasteiger partial charge is 0.225 e. The van der Waals surface area contributed by atoms with Crippen molar-refractivity contribution in [2.45, 2.75) is 85.1 Å². The lowest BCUT2D eigenvalue weighted by molar-refractivity contribution is -0.120. The normalized spacial score (nSPS) is 13.7. The fourth-order valence-electron chi connectivity index (χ4n) is 7.92. The second-order valence-corrected chi connectivity index (χ2v) is 16.8. The number of anilines is 3. The molecule has 2 atom stereocenters. The number of fused-ring (bicyclic) bond motifs is 4. The molecule has 5 aromatic carbocycles. The summed E-state index contributed by atoms with van der Waals surface area (Å²) in [5, 5.41) is 11.8. The molecule has 0 aromatic heterocycles. The van der Waals surface area contributed by atoms with Gasteiger partial charge in [-0.2, -0.15) is 25.3 Å². The van der Waals surface area contributed by atoms with Crippen molar-refractivity contribution in [3.8, 4) is 34.1 Å². The SMILES string of the molecule is CC.CC.CNC(=O)CCCS.COc1cc2c(cc1OCc1cc(COc3cc(NCC4Cc5ccccc5N4C)c(C=O)cc3OC)cc(NC(=O)CCS)c1)N=C[C@@H](NC=O)Cc1ccccc1-2. The average Bonchev–Trinajstić information content (AvgIpc) is 3.72. The lowest BCUT2D eigenvalue weighted by atomic mass is 9.93. The van der Waals surface area contributed by atoms with Crippen molar-refractivity contribution in [2.75, 3.05) is 61.9 Å². The van der Waals surface area contributed by atoms with Crippen molar-refractivity contribution in [3.05, 3.63) is 119 Å². The fraction of sp³-hybridized carbons (Fsp3) is 0.364. The number of carbonyl (C=O) groups excluding carboxylic acids is 4. The minimum Gasteiger partial charge on any atom is -0.493 e. The van der Waals surface area contributed by atoms with Gasteiger partial charge in [0.25, 0.3) is 0 Å². The van der Waals surface area contributed by atoms with Crippen LogP contribution < -0.4 is 45.1 Å². The van der Waals surface area contributed by atoms with Gasteiger partial charge in [-0.25, -0.2) is 0 Å². The monoisotopic (exact) mass is 1010 g/mol. The van der Waals surface area contributed by atoms with Gasteiger partial charge in [0.05, 0.1) is 32.0 Å². The summed E-state index contributed by atoms with van der Waals surface area (Å²) in [4.78, 5) is 53.7. The van der Waals surface area contributed by atoms with Crippen molar-refractivity contribution < 1.29 is 38.1 Å². The first-order valence-corrected chi connectivity index (χ1v) is 25.2. The summed E-state index contributed by atoms with van der Waals surface area (Å²) in [6.45, 7) is 8.85. The molecule has 0 aliphatic carbocycles. The molecule has 14 nitrogen and oxygen atoms in total. The van der Waals surface area contributed by atoms with Crippen LogP contribution in [0.3, 0.4) is 0 Å². The number of benzene rings is 5. The van der Waals surface area contributed by atoms with Crippen molar-refractivity contribution in [2.24, 2.45) is 4.99 Å². The number of nitrogens with zero attached hydrogens (tertiary/aromatic N) is 2. The van der Waals surface area contributed by atoms with E-state index in [-0.39, 0.29) is 43.5 Å². The number of para-hydroxylation sites is 1. The third-order valence-electron chi connectivity index (χ3n) is 11.4. The molecule has 0 radical (unpaired) electrons. The van der Waals surface area contributed by atoms with Crippen LogP contribution in [0.25, 0.3) is 11.1 Å². The molecule has 0 fully saturated rings. The first-order chi connectivity index (χ1) is 34.6. The molecule has 2 heterocycles. The van der Waals surface area contributed by atoms with E-state index in [1.54, 1.807) is 32.5 Å². The first-order valence-electron chi connectivity index (χ1n) is 24.0. The van der Waals surface area contributed by atoms with Gasteiger partial charge in [-0.15, -0.1) is 0 Å². The Kier molecular flexibility index (Phi) is 24.2. The van der Waals surface area contributed by atoms with Crippen molar-refractivity contribution in [1.29, 1.82) is 0 Å². The number of hydrogen-bond donors (Lipinski definition) is 6. The van der Waals surface area contributed by atoms with Crippen LogP contribution in [-0.2, 0) is 40.4 Å². The largest absolute Gasteiger partial charge is 0.493 e. The van der Waals surface area contributed by atoms with E-state index in [0.29, 0.717) is 77.2 Å². The van der Waals surface area contributed by atoms with Crippen LogP contribution in [0, 0.1) is 0 Å². The molecule has 0 bridgehead atoms. The Morgan fingerprint density at radius 2 is 1.39 bits per heavy atom. The molecule has 0 saturated carbocycles. The number of ether oxygens (including phenoxy) is 4. The molecule has 5 aromatic rings. The minimum atomic E-state index is -0.280. The molecular formula is C55H70N6O8S2.